The van der Waals surface area contributed by atoms with E-state index in [1.807, 2.05) is 37.3 Å². The summed E-state index contributed by atoms with van der Waals surface area (Å²) in [7, 11) is 1.58. The third-order valence-corrected chi connectivity index (χ3v) is 6.85. The van der Waals surface area contributed by atoms with Gasteiger partial charge in [-0.1, -0.05) is 24.3 Å². The first-order valence-corrected chi connectivity index (χ1v) is 11.1. The number of benzene rings is 2. The van der Waals surface area contributed by atoms with Crippen molar-refractivity contribution in [2.45, 2.75) is 31.0 Å². The lowest BCUT2D eigenvalue weighted by molar-refractivity contribution is -0.274. The van der Waals surface area contributed by atoms with E-state index in [4.69, 9.17) is 9.47 Å². The molecule has 7 nitrogen and oxygen atoms in total. The van der Waals surface area contributed by atoms with Gasteiger partial charge in [0.1, 0.15) is 17.1 Å². The van der Waals surface area contributed by atoms with E-state index in [2.05, 4.69) is 10.1 Å². The van der Waals surface area contributed by atoms with E-state index in [0.29, 0.717) is 18.0 Å². The van der Waals surface area contributed by atoms with Gasteiger partial charge in [-0.05, 0) is 48.9 Å². The van der Waals surface area contributed by atoms with E-state index in [1.165, 1.54) is 12.1 Å². The monoisotopic (exact) mass is 488 g/mol. The molecule has 184 valence electrons. The lowest BCUT2D eigenvalue weighted by atomic mass is 9.76. The van der Waals surface area contributed by atoms with E-state index in [-0.39, 0.29) is 11.9 Å². The van der Waals surface area contributed by atoms with E-state index < -0.39 is 41.6 Å². The number of anilines is 1. The summed E-state index contributed by atoms with van der Waals surface area (Å²) in [5, 5.41) is 2.70. The van der Waals surface area contributed by atoms with E-state index in [0.717, 1.165) is 17.7 Å². The molecule has 3 heterocycles. The quantitative estimate of drug-likeness (QED) is 0.621. The minimum Gasteiger partial charge on any atom is -0.497 e. The van der Waals surface area contributed by atoms with Crippen LogP contribution >= 0.6 is 0 Å². The Labute approximate surface area is 199 Å². The molecule has 2 amide bonds. The molecule has 0 saturated carbocycles. The number of ether oxygens (including phenoxy) is 3. The van der Waals surface area contributed by atoms with Gasteiger partial charge in [0.15, 0.2) is 0 Å². The molecule has 2 aromatic carbocycles. The molecule has 3 aliphatic rings. The van der Waals surface area contributed by atoms with Crippen LogP contribution in [-0.4, -0.2) is 48.4 Å². The second-order valence-electron chi connectivity index (χ2n) is 8.88. The maximum atomic E-state index is 13.5. The number of likely N-dealkylation sites (tertiary alicyclic amines) is 1. The zero-order valence-electron chi connectivity index (χ0n) is 18.9. The average molecular weight is 488 g/mol. The smallest absolute Gasteiger partial charge is 0.497 e. The van der Waals surface area contributed by atoms with Gasteiger partial charge in [0.05, 0.1) is 37.6 Å². The van der Waals surface area contributed by atoms with Gasteiger partial charge in [0.2, 0.25) is 11.8 Å². The van der Waals surface area contributed by atoms with Gasteiger partial charge < -0.3 is 24.4 Å². The topological polar surface area (TPSA) is 77.1 Å². The summed E-state index contributed by atoms with van der Waals surface area (Å²) in [6.45, 7) is 2.25. The Bertz CT molecular complexity index is 1170. The number of halogens is 3. The molecule has 2 aromatic rings. The molecule has 2 saturated heterocycles. The molecule has 0 aromatic heterocycles. The van der Waals surface area contributed by atoms with E-state index in [1.54, 1.807) is 18.1 Å². The first kappa shape index (κ1) is 23.2. The van der Waals surface area contributed by atoms with Crippen LogP contribution in [0.5, 0.6) is 11.5 Å². The molecule has 0 unspecified atom stereocenters. The molecule has 1 spiro atoms. The third kappa shape index (κ3) is 4.12. The number of carbonyl (C=O) groups excluding carboxylic acids is 2. The fourth-order valence-electron chi connectivity index (χ4n) is 5.18. The standard InChI is InChI=1S/C25H23F3N2O5/c1-14(15-3-7-17(33-2)8-4-15)30-13-24-12-11-19(35-24)20(21(24)23(30)32)22(31)29-16-5-9-18(10-6-16)34-25(26,27)28/h3-12,14,19-21H,13H2,1-2H3,(H,29,31)/t14-,19-,20+,21+,24+/m0/s1. The van der Waals surface area contributed by atoms with Gasteiger partial charge >= 0.3 is 6.36 Å². The summed E-state index contributed by atoms with van der Waals surface area (Å²) in [6.07, 6.45) is -1.68. The van der Waals surface area contributed by atoms with E-state index >= 15 is 0 Å². The van der Waals surface area contributed by atoms with Crippen molar-refractivity contribution in [1.29, 1.82) is 0 Å². The second kappa shape index (κ2) is 8.30. The van der Waals surface area contributed by atoms with Crippen LogP contribution in [0.2, 0.25) is 0 Å². The van der Waals surface area contributed by atoms with Crippen LogP contribution in [0.25, 0.3) is 0 Å². The highest BCUT2D eigenvalue weighted by Gasteiger charge is 2.67. The van der Waals surface area contributed by atoms with Crippen molar-refractivity contribution in [3.8, 4) is 11.5 Å². The number of methoxy groups -OCH3 is 1. The molecule has 5 atom stereocenters. The Morgan fingerprint density at radius 2 is 1.80 bits per heavy atom. The van der Waals surface area contributed by atoms with Gasteiger partial charge in [0, 0.05) is 5.69 Å². The lowest BCUT2D eigenvalue weighted by Crippen LogP contribution is -2.41. The van der Waals surface area contributed by atoms with Crippen molar-refractivity contribution in [3.05, 3.63) is 66.2 Å². The molecule has 0 aliphatic carbocycles. The minimum absolute atomic E-state index is 0.172. The maximum absolute atomic E-state index is 13.5. The molecule has 2 fully saturated rings. The normalized spacial score (nSPS) is 27.6. The summed E-state index contributed by atoms with van der Waals surface area (Å²) in [4.78, 5) is 28.5. The van der Waals surface area contributed by atoms with Crippen LogP contribution in [0.1, 0.15) is 18.5 Å². The number of rotatable bonds is 6. The molecule has 3 aliphatic heterocycles. The predicted octanol–water partition coefficient (Wildman–Crippen LogP) is 4.08. The summed E-state index contributed by atoms with van der Waals surface area (Å²) < 4.78 is 52.4. The van der Waals surface area contributed by atoms with Gasteiger partial charge in [0.25, 0.3) is 0 Å². The predicted molar refractivity (Wildman–Crippen MR) is 119 cm³/mol. The number of nitrogens with one attached hydrogen (secondary N) is 1. The van der Waals surface area contributed by atoms with Crippen LogP contribution in [0.3, 0.4) is 0 Å². The first-order chi connectivity index (χ1) is 16.6. The largest absolute Gasteiger partial charge is 0.573 e. The third-order valence-electron chi connectivity index (χ3n) is 6.85. The summed E-state index contributed by atoms with van der Waals surface area (Å²) in [5.41, 5.74) is 0.338. The Morgan fingerprint density at radius 3 is 2.43 bits per heavy atom. The first-order valence-electron chi connectivity index (χ1n) is 11.1. The minimum atomic E-state index is -4.80. The molecular formula is C25H23F3N2O5. The Kier molecular flexibility index (Phi) is 5.51. The van der Waals surface area contributed by atoms with Gasteiger partial charge in [-0.2, -0.15) is 0 Å². The number of amides is 2. The molecule has 5 rings (SSSR count). The number of hydrogen-bond acceptors (Lipinski definition) is 5. The van der Waals surface area contributed by atoms with Gasteiger partial charge in [-0.3, -0.25) is 9.59 Å². The van der Waals surface area contributed by atoms with Crippen LogP contribution in [0, 0.1) is 11.8 Å². The van der Waals surface area contributed by atoms with Crippen molar-refractivity contribution >= 4 is 17.5 Å². The number of nitrogens with zero attached hydrogens (tertiary/aromatic N) is 1. The lowest BCUT2D eigenvalue weighted by Gasteiger charge is -2.28. The highest BCUT2D eigenvalue weighted by atomic mass is 19.4. The summed E-state index contributed by atoms with van der Waals surface area (Å²) in [6, 6.07) is 12.1. The molecule has 2 bridgehead atoms. The highest BCUT2D eigenvalue weighted by Crippen LogP contribution is 2.53. The zero-order chi connectivity index (χ0) is 25.0. The molecule has 35 heavy (non-hydrogen) atoms. The molecule has 0 radical (unpaired) electrons. The number of hydrogen-bond donors (Lipinski definition) is 1. The van der Waals surface area contributed by atoms with E-state index in [9.17, 15) is 22.8 Å². The fourth-order valence-corrected chi connectivity index (χ4v) is 5.18. The van der Waals surface area contributed by atoms with Crippen molar-refractivity contribution in [2.24, 2.45) is 11.8 Å². The van der Waals surface area contributed by atoms with Gasteiger partial charge in [-0.25, -0.2) is 0 Å². The van der Waals surface area contributed by atoms with Crippen LogP contribution in [0.15, 0.2) is 60.7 Å². The zero-order valence-corrected chi connectivity index (χ0v) is 18.9. The van der Waals surface area contributed by atoms with Crippen LogP contribution in [-0.2, 0) is 14.3 Å². The highest BCUT2D eigenvalue weighted by molar-refractivity contribution is 5.99. The average Bonchev–Trinajstić information content (AvgIpc) is 3.47. The van der Waals surface area contributed by atoms with Crippen LogP contribution in [0.4, 0.5) is 18.9 Å². The Morgan fingerprint density at radius 1 is 1.14 bits per heavy atom. The summed E-state index contributed by atoms with van der Waals surface area (Å²) in [5.74, 6) is -1.73. The fraction of sp³-hybridized carbons (Fsp3) is 0.360. The van der Waals surface area contributed by atoms with Crippen molar-refractivity contribution in [3.63, 3.8) is 0 Å². The summed E-state index contributed by atoms with van der Waals surface area (Å²) >= 11 is 0. The number of carbonyl (C=O) groups is 2. The second-order valence-corrected chi connectivity index (χ2v) is 8.88. The molecule has 1 N–H and O–H groups in total. The van der Waals surface area contributed by atoms with Crippen molar-refractivity contribution in [1.82, 2.24) is 4.90 Å². The Hall–Kier alpha value is -3.53. The van der Waals surface area contributed by atoms with Gasteiger partial charge in [-0.15, -0.1) is 13.2 Å². The molecule has 10 heteroatoms. The molecular weight excluding hydrogens is 465 g/mol. The van der Waals surface area contributed by atoms with Crippen molar-refractivity contribution < 1.29 is 37.0 Å². The maximum Gasteiger partial charge on any atom is 0.573 e. The van der Waals surface area contributed by atoms with Crippen molar-refractivity contribution in [2.75, 3.05) is 19.0 Å². The Balaban J connectivity index is 1.32. The number of fused-ring (bicyclic) bond motifs is 1. The SMILES string of the molecule is COc1ccc([C@H](C)N2C[C@@]34C=C[C@H](O3)[C@@H](C(=O)Nc3ccc(OC(F)(F)F)cc3)[C@@H]4C2=O)cc1. The van der Waals surface area contributed by atoms with Crippen LogP contribution < -0.4 is 14.8 Å². The number of alkyl halides is 3.